The molecule has 1 aromatic rings. The fourth-order valence-corrected chi connectivity index (χ4v) is 2.02. The maximum atomic E-state index is 12.0. The lowest BCUT2D eigenvalue weighted by Crippen LogP contribution is -2.56. The number of carbonyl (C=O) groups excluding carboxylic acids is 3. The maximum Gasteiger partial charge on any atom is 0.248 e. The molecule has 7 nitrogen and oxygen atoms in total. The van der Waals surface area contributed by atoms with Crippen LogP contribution in [0.4, 0.5) is 5.69 Å². The third-order valence-corrected chi connectivity index (χ3v) is 3.46. The molecule has 1 aromatic carbocycles. The van der Waals surface area contributed by atoms with E-state index in [1.54, 1.807) is 0 Å². The van der Waals surface area contributed by atoms with Crippen LogP contribution in [0.5, 0.6) is 0 Å². The van der Waals surface area contributed by atoms with Crippen LogP contribution in [0.1, 0.15) is 40.0 Å². The highest BCUT2D eigenvalue weighted by Gasteiger charge is 2.40. The average molecular weight is 276 g/mol. The molecule has 0 aromatic heterocycles. The molecule has 0 aliphatic heterocycles. The van der Waals surface area contributed by atoms with Gasteiger partial charge in [-0.05, 0) is 37.5 Å². The highest BCUT2D eigenvalue weighted by Crippen LogP contribution is 2.30. The van der Waals surface area contributed by atoms with Crippen molar-refractivity contribution >= 4 is 23.4 Å². The minimum atomic E-state index is -0.879. The zero-order chi connectivity index (χ0) is 14.9. The third-order valence-electron chi connectivity index (χ3n) is 3.46. The average Bonchev–Trinajstić information content (AvgIpc) is 2.35. The molecular weight excluding hydrogens is 260 g/mol. The molecule has 20 heavy (non-hydrogen) atoms. The van der Waals surface area contributed by atoms with Crippen LogP contribution in [-0.2, 0) is 4.79 Å². The highest BCUT2D eigenvalue weighted by molar-refractivity contribution is 6.03. The molecule has 106 valence electrons. The fourth-order valence-electron chi connectivity index (χ4n) is 2.02. The number of anilines is 1. The summed E-state index contributed by atoms with van der Waals surface area (Å²) in [6, 6.07) is 4.05. The Hall–Kier alpha value is -2.41. The number of amides is 3. The monoisotopic (exact) mass is 276 g/mol. The summed E-state index contributed by atoms with van der Waals surface area (Å²) in [5.74, 6) is -1.77. The highest BCUT2D eigenvalue weighted by atomic mass is 16.2. The van der Waals surface area contributed by atoms with Gasteiger partial charge >= 0.3 is 0 Å². The van der Waals surface area contributed by atoms with E-state index in [0.29, 0.717) is 12.8 Å². The molecule has 0 unspecified atom stereocenters. The molecular formula is C13H16N4O3. The minimum Gasteiger partial charge on any atom is -0.366 e. The summed E-state index contributed by atoms with van der Waals surface area (Å²) in [6.07, 6.45) is 2.12. The van der Waals surface area contributed by atoms with Crippen LogP contribution in [0, 0.1) is 0 Å². The Labute approximate surface area is 115 Å². The van der Waals surface area contributed by atoms with Crippen molar-refractivity contribution < 1.29 is 14.4 Å². The summed E-state index contributed by atoms with van der Waals surface area (Å²) < 4.78 is 0. The number of hydrogen-bond acceptors (Lipinski definition) is 4. The van der Waals surface area contributed by atoms with Crippen LogP contribution in [0.15, 0.2) is 18.2 Å². The number of carbonyl (C=O) groups is 3. The lowest BCUT2D eigenvalue weighted by Gasteiger charge is -2.36. The predicted octanol–water partition coefficient (Wildman–Crippen LogP) is -0.296. The van der Waals surface area contributed by atoms with Crippen molar-refractivity contribution in [2.45, 2.75) is 24.8 Å². The lowest BCUT2D eigenvalue weighted by atomic mass is 9.77. The van der Waals surface area contributed by atoms with Crippen LogP contribution in [0.2, 0.25) is 0 Å². The van der Waals surface area contributed by atoms with Crippen molar-refractivity contribution in [1.82, 2.24) is 0 Å². The number of hydrogen-bond donors (Lipinski definition) is 4. The number of primary amides is 2. The molecule has 1 aliphatic carbocycles. The molecule has 0 bridgehead atoms. The zero-order valence-corrected chi connectivity index (χ0v) is 10.8. The van der Waals surface area contributed by atoms with E-state index in [0.717, 1.165) is 6.42 Å². The predicted molar refractivity (Wildman–Crippen MR) is 72.9 cm³/mol. The van der Waals surface area contributed by atoms with Crippen molar-refractivity contribution in [1.29, 1.82) is 0 Å². The summed E-state index contributed by atoms with van der Waals surface area (Å²) in [5, 5.41) is 2.60. The molecule has 2 rings (SSSR count). The second-order valence-electron chi connectivity index (χ2n) is 4.99. The van der Waals surface area contributed by atoms with Crippen LogP contribution < -0.4 is 22.5 Å². The molecule has 3 amide bonds. The molecule has 7 heteroatoms. The fraction of sp³-hybridized carbons (Fsp3) is 0.308. The van der Waals surface area contributed by atoms with Gasteiger partial charge in [-0.3, -0.25) is 14.4 Å². The van der Waals surface area contributed by atoms with Gasteiger partial charge in [0.05, 0.1) is 5.54 Å². The Morgan fingerprint density at radius 1 is 1.00 bits per heavy atom. The van der Waals surface area contributed by atoms with E-state index in [2.05, 4.69) is 5.32 Å². The molecule has 1 aliphatic rings. The van der Waals surface area contributed by atoms with Gasteiger partial charge in [0, 0.05) is 16.8 Å². The van der Waals surface area contributed by atoms with Crippen LogP contribution in [0.3, 0.4) is 0 Å². The normalized spacial score (nSPS) is 16.1. The number of rotatable bonds is 4. The quantitative estimate of drug-likeness (QED) is 0.599. The first-order chi connectivity index (χ1) is 9.32. The van der Waals surface area contributed by atoms with Gasteiger partial charge in [0.2, 0.25) is 17.7 Å². The van der Waals surface area contributed by atoms with Gasteiger partial charge in [-0.2, -0.15) is 0 Å². The smallest absolute Gasteiger partial charge is 0.248 e. The Morgan fingerprint density at radius 3 is 1.85 bits per heavy atom. The number of nitrogens with one attached hydrogen (secondary N) is 1. The molecule has 0 radical (unpaired) electrons. The van der Waals surface area contributed by atoms with E-state index in [1.807, 2.05) is 0 Å². The largest absolute Gasteiger partial charge is 0.366 e. The summed E-state index contributed by atoms with van der Waals surface area (Å²) in [5.41, 5.74) is 15.8. The van der Waals surface area contributed by atoms with Crippen molar-refractivity contribution in [2.24, 2.45) is 17.2 Å². The second-order valence-corrected chi connectivity index (χ2v) is 4.99. The lowest BCUT2D eigenvalue weighted by molar-refractivity contribution is -0.123. The molecule has 1 saturated carbocycles. The molecule has 0 spiro atoms. The van der Waals surface area contributed by atoms with Crippen LogP contribution >= 0.6 is 0 Å². The summed E-state index contributed by atoms with van der Waals surface area (Å²) in [6.45, 7) is 0. The Balaban J connectivity index is 2.28. The van der Waals surface area contributed by atoms with Crippen LogP contribution in [0.25, 0.3) is 0 Å². The third kappa shape index (κ3) is 2.62. The standard InChI is InChI=1S/C13H16N4O3/c14-10(18)7-4-8(11(15)19)6-9(5-7)17-12(20)13(16)2-1-3-13/h4-6H,1-3,16H2,(H2,14,18)(H2,15,19)(H,17,20). The van der Waals surface area contributed by atoms with Crippen molar-refractivity contribution in [3.63, 3.8) is 0 Å². The number of nitrogens with two attached hydrogens (primary N) is 3. The Bertz CT molecular complexity index is 561. The number of benzene rings is 1. The molecule has 0 atom stereocenters. The van der Waals surface area contributed by atoms with Gasteiger partial charge < -0.3 is 22.5 Å². The van der Waals surface area contributed by atoms with Crippen molar-refractivity contribution in [2.75, 3.05) is 5.32 Å². The van der Waals surface area contributed by atoms with Crippen molar-refractivity contribution in [3.8, 4) is 0 Å². The SMILES string of the molecule is NC(=O)c1cc(NC(=O)C2(N)CCC2)cc(C(N)=O)c1. The van der Waals surface area contributed by atoms with E-state index >= 15 is 0 Å². The minimum absolute atomic E-state index is 0.0938. The second kappa shape index (κ2) is 4.93. The molecule has 7 N–H and O–H groups in total. The first-order valence-electron chi connectivity index (χ1n) is 6.17. The van der Waals surface area contributed by atoms with E-state index in [9.17, 15) is 14.4 Å². The van der Waals surface area contributed by atoms with Gasteiger partial charge in [-0.1, -0.05) is 0 Å². The first kappa shape index (κ1) is 14.0. The summed E-state index contributed by atoms with van der Waals surface area (Å²) in [7, 11) is 0. The van der Waals surface area contributed by atoms with Crippen LogP contribution in [-0.4, -0.2) is 23.3 Å². The van der Waals surface area contributed by atoms with Gasteiger partial charge in [-0.25, -0.2) is 0 Å². The Morgan fingerprint density at radius 2 is 1.50 bits per heavy atom. The van der Waals surface area contributed by atoms with Gasteiger partial charge in [0.25, 0.3) is 0 Å². The summed E-state index contributed by atoms with van der Waals surface area (Å²) >= 11 is 0. The van der Waals surface area contributed by atoms with Gasteiger partial charge in [0.1, 0.15) is 0 Å². The first-order valence-corrected chi connectivity index (χ1v) is 6.17. The maximum absolute atomic E-state index is 12.0. The van der Waals surface area contributed by atoms with E-state index in [4.69, 9.17) is 17.2 Å². The van der Waals surface area contributed by atoms with Gasteiger partial charge in [-0.15, -0.1) is 0 Å². The summed E-state index contributed by atoms with van der Waals surface area (Å²) in [4.78, 5) is 34.4. The topological polar surface area (TPSA) is 141 Å². The van der Waals surface area contributed by atoms with E-state index in [-0.39, 0.29) is 22.7 Å². The van der Waals surface area contributed by atoms with Gasteiger partial charge in [0.15, 0.2) is 0 Å². The zero-order valence-electron chi connectivity index (χ0n) is 10.8. The molecule has 1 fully saturated rings. The van der Waals surface area contributed by atoms with E-state index < -0.39 is 17.4 Å². The molecule has 0 heterocycles. The van der Waals surface area contributed by atoms with E-state index in [1.165, 1.54) is 18.2 Å². The Kier molecular flexibility index (Phi) is 3.46. The molecule has 0 saturated heterocycles. The van der Waals surface area contributed by atoms with Crippen molar-refractivity contribution in [3.05, 3.63) is 29.3 Å².